The summed E-state index contributed by atoms with van der Waals surface area (Å²) in [6, 6.07) is 3.58. The van der Waals surface area contributed by atoms with Crippen molar-refractivity contribution in [3.63, 3.8) is 0 Å². The highest BCUT2D eigenvalue weighted by Crippen LogP contribution is 2.21. The van der Waals surface area contributed by atoms with Crippen molar-refractivity contribution in [3.05, 3.63) is 28.8 Å². The maximum Gasteiger partial charge on any atom is 0.304 e. The van der Waals surface area contributed by atoms with Crippen molar-refractivity contribution >= 4 is 16.0 Å². The normalized spacial score (nSPS) is 11.5. The van der Waals surface area contributed by atoms with Gasteiger partial charge in [0.25, 0.3) is 0 Å². The molecular weight excluding hydrogens is 254 g/mol. The first kappa shape index (κ1) is 14.7. The number of benzene rings is 1. The summed E-state index contributed by atoms with van der Waals surface area (Å²) in [4.78, 5) is 10.6. The summed E-state index contributed by atoms with van der Waals surface area (Å²) in [5.74, 6) is -1.03. The number of carboxylic acid groups (broad SMARTS) is 1. The number of nitrogens with one attached hydrogen (secondary N) is 1. The molecule has 0 aliphatic rings. The van der Waals surface area contributed by atoms with E-state index in [2.05, 4.69) is 4.72 Å². The highest BCUT2D eigenvalue weighted by atomic mass is 32.2. The fourth-order valence-corrected chi connectivity index (χ4v) is 3.44. The van der Waals surface area contributed by atoms with Crippen LogP contribution in [-0.2, 0) is 14.8 Å². The van der Waals surface area contributed by atoms with Crippen molar-refractivity contribution < 1.29 is 18.3 Å². The largest absolute Gasteiger partial charge is 0.481 e. The number of hydrogen-bond acceptors (Lipinski definition) is 3. The highest BCUT2D eigenvalue weighted by Gasteiger charge is 2.19. The van der Waals surface area contributed by atoms with Crippen LogP contribution < -0.4 is 4.72 Å². The Hall–Kier alpha value is -1.40. The van der Waals surface area contributed by atoms with E-state index in [0.717, 1.165) is 5.56 Å². The molecule has 1 aromatic rings. The van der Waals surface area contributed by atoms with Gasteiger partial charge in [0, 0.05) is 6.54 Å². The van der Waals surface area contributed by atoms with Crippen LogP contribution in [0.25, 0.3) is 0 Å². The third-order valence-corrected chi connectivity index (χ3v) is 4.27. The second-order valence-corrected chi connectivity index (χ2v) is 5.97. The minimum Gasteiger partial charge on any atom is -0.481 e. The van der Waals surface area contributed by atoms with E-state index in [9.17, 15) is 13.2 Å². The summed E-state index contributed by atoms with van der Waals surface area (Å²) in [5, 5.41) is 8.49. The van der Waals surface area contributed by atoms with Crippen LogP contribution in [0.2, 0.25) is 0 Å². The van der Waals surface area contributed by atoms with Crippen LogP contribution in [0, 0.1) is 20.8 Å². The average Bonchev–Trinajstić information content (AvgIpc) is 2.13. The lowest BCUT2D eigenvalue weighted by Gasteiger charge is -2.12. The maximum absolute atomic E-state index is 12.1. The first-order chi connectivity index (χ1) is 8.24. The zero-order chi connectivity index (χ0) is 13.9. The first-order valence-electron chi connectivity index (χ1n) is 5.53. The van der Waals surface area contributed by atoms with Crippen molar-refractivity contribution in [1.29, 1.82) is 0 Å². The minimum atomic E-state index is -3.65. The molecule has 0 unspecified atom stereocenters. The number of sulfonamides is 1. The van der Waals surface area contributed by atoms with Gasteiger partial charge in [-0.1, -0.05) is 17.7 Å². The molecule has 0 fully saturated rings. The van der Waals surface area contributed by atoms with E-state index in [1.807, 2.05) is 6.92 Å². The Bertz CT molecular complexity index is 540. The highest BCUT2D eigenvalue weighted by molar-refractivity contribution is 7.89. The minimum absolute atomic E-state index is 0.107. The van der Waals surface area contributed by atoms with E-state index in [4.69, 9.17) is 5.11 Å². The van der Waals surface area contributed by atoms with Gasteiger partial charge >= 0.3 is 5.97 Å². The van der Waals surface area contributed by atoms with Crippen molar-refractivity contribution in [2.45, 2.75) is 32.1 Å². The molecular formula is C12H17NO4S. The predicted molar refractivity (Wildman–Crippen MR) is 68.1 cm³/mol. The first-order valence-corrected chi connectivity index (χ1v) is 7.01. The van der Waals surface area contributed by atoms with Crippen LogP contribution in [0.15, 0.2) is 17.0 Å². The molecule has 0 spiro atoms. The number of carboxylic acids is 1. The molecule has 0 atom stereocenters. The smallest absolute Gasteiger partial charge is 0.304 e. The number of carbonyl (C=O) groups is 1. The van der Waals surface area contributed by atoms with Crippen LogP contribution in [0.4, 0.5) is 0 Å². The molecule has 0 saturated heterocycles. The third kappa shape index (κ3) is 3.54. The van der Waals surface area contributed by atoms with E-state index in [1.54, 1.807) is 26.0 Å². The molecule has 0 bridgehead atoms. The summed E-state index contributed by atoms with van der Waals surface area (Å²) < 4.78 is 26.4. The van der Waals surface area contributed by atoms with E-state index < -0.39 is 16.0 Å². The average molecular weight is 271 g/mol. The van der Waals surface area contributed by atoms with Gasteiger partial charge in [-0.2, -0.15) is 0 Å². The van der Waals surface area contributed by atoms with Gasteiger partial charge in [0.15, 0.2) is 0 Å². The molecule has 100 valence electrons. The second-order valence-electron chi connectivity index (χ2n) is 4.27. The number of aryl methyl sites for hydroxylation is 3. The Morgan fingerprint density at radius 2 is 1.72 bits per heavy atom. The van der Waals surface area contributed by atoms with Gasteiger partial charge in [-0.3, -0.25) is 4.79 Å². The molecule has 0 saturated carbocycles. The summed E-state index contributed by atoms with van der Waals surface area (Å²) in [5.41, 5.74) is 2.32. The van der Waals surface area contributed by atoms with E-state index in [0.29, 0.717) is 11.1 Å². The van der Waals surface area contributed by atoms with Crippen LogP contribution in [0.1, 0.15) is 23.1 Å². The standard InChI is InChI=1S/C12H17NO4S/c1-8-6-9(2)12(10(3)7-8)18(16,17)13-5-4-11(14)15/h6-7,13H,4-5H2,1-3H3,(H,14,15). The topological polar surface area (TPSA) is 83.5 Å². The molecule has 0 radical (unpaired) electrons. The summed E-state index contributed by atoms with van der Waals surface area (Å²) in [6.07, 6.45) is -0.233. The van der Waals surface area contributed by atoms with Crippen LogP contribution in [0.5, 0.6) is 0 Å². The Morgan fingerprint density at radius 3 is 2.17 bits per heavy atom. The molecule has 0 heterocycles. The lowest BCUT2D eigenvalue weighted by molar-refractivity contribution is -0.136. The Balaban J connectivity index is 3.02. The van der Waals surface area contributed by atoms with E-state index in [1.165, 1.54) is 0 Å². The van der Waals surface area contributed by atoms with Crippen molar-refractivity contribution in [3.8, 4) is 0 Å². The quantitative estimate of drug-likeness (QED) is 0.847. The van der Waals surface area contributed by atoms with Gasteiger partial charge in [-0.15, -0.1) is 0 Å². The molecule has 0 aliphatic carbocycles. The van der Waals surface area contributed by atoms with Crippen molar-refractivity contribution in [1.82, 2.24) is 4.72 Å². The fraction of sp³-hybridized carbons (Fsp3) is 0.417. The van der Waals surface area contributed by atoms with Gasteiger partial charge in [0.1, 0.15) is 0 Å². The van der Waals surface area contributed by atoms with Crippen LogP contribution in [-0.4, -0.2) is 26.0 Å². The molecule has 6 heteroatoms. The molecule has 0 aromatic heterocycles. The summed E-state index contributed by atoms with van der Waals surface area (Å²) in [6.45, 7) is 5.25. The SMILES string of the molecule is Cc1cc(C)c(S(=O)(=O)NCCC(=O)O)c(C)c1. The van der Waals surface area contributed by atoms with E-state index >= 15 is 0 Å². The number of rotatable bonds is 5. The maximum atomic E-state index is 12.1. The Kier molecular flexibility index (Phi) is 4.48. The van der Waals surface area contributed by atoms with E-state index in [-0.39, 0.29) is 17.9 Å². The molecule has 2 N–H and O–H groups in total. The number of aliphatic carboxylic acids is 1. The van der Waals surface area contributed by atoms with Crippen LogP contribution >= 0.6 is 0 Å². The molecule has 5 nitrogen and oxygen atoms in total. The van der Waals surface area contributed by atoms with Crippen molar-refractivity contribution in [2.75, 3.05) is 6.54 Å². The second kappa shape index (κ2) is 5.49. The third-order valence-electron chi connectivity index (χ3n) is 2.50. The summed E-state index contributed by atoms with van der Waals surface area (Å²) in [7, 11) is -3.65. The zero-order valence-corrected chi connectivity index (χ0v) is 11.5. The summed E-state index contributed by atoms with van der Waals surface area (Å²) >= 11 is 0. The predicted octanol–water partition coefficient (Wildman–Crippen LogP) is 1.36. The van der Waals surface area contributed by atoms with Crippen molar-refractivity contribution in [2.24, 2.45) is 0 Å². The van der Waals surface area contributed by atoms with Crippen LogP contribution in [0.3, 0.4) is 0 Å². The monoisotopic (exact) mass is 271 g/mol. The molecule has 18 heavy (non-hydrogen) atoms. The Labute approximate surface area is 107 Å². The van der Waals surface area contributed by atoms with Gasteiger partial charge in [-0.05, 0) is 31.9 Å². The molecule has 1 rings (SSSR count). The molecule has 0 aliphatic heterocycles. The zero-order valence-electron chi connectivity index (χ0n) is 10.6. The molecule has 0 amide bonds. The lowest BCUT2D eigenvalue weighted by Crippen LogP contribution is -2.27. The van der Waals surface area contributed by atoms with Gasteiger partial charge < -0.3 is 5.11 Å². The van der Waals surface area contributed by atoms with Gasteiger partial charge in [0.05, 0.1) is 11.3 Å². The Morgan fingerprint density at radius 1 is 1.22 bits per heavy atom. The lowest BCUT2D eigenvalue weighted by atomic mass is 10.1. The molecule has 1 aromatic carbocycles. The van der Waals surface area contributed by atoms with Gasteiger partial charge in [0.2, 0.25) is 10.0 Å². The fourth-order valence-electron chi connectivity index (χ4n) is 1.96. The van der Waals surface area contributed by atoms with Gasteiger partial charge in [-0.25, -0.2) is 13.1 Å². The number of hydrogen-bond donors (Lipinski definition) is 2.